The zero-order valence-electron chi connectivity index (χ0n) is 6.72. The van der Waals surface area contributed by atoms with Crippen molar-refractivity contribution in [3.8, 4) is 0 Å². The molecule has 0 radical (unpaired) electrons. The van der Waals surface area contributed by atoms with Crippen molar-refractivity contribution >= 4 is 28.3 Å². The fourth-order valence-corrected chi connectivity index (χ4v) is 1.34. The first-order chi connectivity index (χ1) is 6.58. The van der Waals surface area contributed by atoms with Crippen molar-refractivity contribution in [2.45, 2.75) is 0 Å². The summed E-state index contributed by atoms with van der Waals surface area (Å²) in [7, 11) is 0. The molecule has 0 unspecified atom stereocenters. The Hall–Kier alpha value is -1.89. The molecule has 0 aliphatic heterocycles. The molecule has 1 aromatic carbocycles. The normalized spacial score (nSPS) is 10.6. The van der Waals surface area contributed by atoms with Crippen LogP contribution in [0.2, 0.25) is 5.02 Å². The Morgan fingerprint density at radius 1 is 1.36 bits per heavy atom. The SMILES string of the molecule is Nc1cc(Cl)cc2n[n+]([O-])n[n+]([O-])c12. The van der Waals surface area contributed by atoms with Gasteiger partial charge in [-0.3, -0.25) is 0 Å². The Kier molecular flexibility index (Phi) is 1.74. The van der Waals surface area contributed by atoms with Crippen LogP contribution in [0, 0.1) is 10.4 Å². The van der Waals surface area contributed by atoms with E-state index in [1.54, 1.807) is 0 Å². The maximum atomic E-state index is 11.2. The Morgan fingerprint density at radius 3 is 2.79 bits per heavy atom. The molecule has 2 rings (SSSR count). The number of benzene rings is 1. The van der Waals surface area contributed by atoms with Gasteiger partial charge in [-0.25, -0.2) is 0 Å². The van der Waals surface area contributed by atoms with Gasteiger partial charge in [0.05, 0.1) is 5.10 Å². The fourth-order valence-electron chi connectivity index (χ4n) is 1.12. The minimum atomic E-state index is -0.0922. The van der Waals surface area contributed by atoms with E-state index in [0.29, 0.717) is 5.02 Å². The van der Waals surface area contributed by atoms with Crippen LogP contribution >= 0.6 is 11.6 Å². The summed E-state index contributed by atoms with van der Waals surface area (Å²) in [5, 5.41) is 28.6. The van der Waals surface area contributed by atoms with E-state index in [4.69, 9.17) is 17.3 Å². The molecule has 0 aliphatic rings. The first kappa shape index (κ1) is 8.70. The lowest BCUT2D eigenvalue weighted by Crippen LogP contribution is -2.50. The van der Waals surface area contributed by atoms with Crippen LogP contribution in [0.4, 0.5) is 5.69 Å². The van der Waals surface area contributed by atoms with Crippen molar-refractivity contribution in [3.05, 3.63) is 27.6 Å². The molecular weight excluding hydrogens is 210 g/mol. The molecule has 72 valence electrons. The first-order valence-electron chi connectivity index (χ1n) is 3.54. The summed E-state index contributed by atoms with van der Waals surface area (Å²) in [6.45, 7) is 0. The van der Waals surface area contributed by atoms with E-state index < -0.39 is 0 Å². The lowest BCUT2D eigenvalue weighted by atomic mass is 10.3. The van der Waals surface area contributed by atoms with Gasteiger partial charge in [0, 0.05) is 9.87 Å². The van der Waals surface area contributed by atoms with Crippen molar-refractivity contribution in [2.75, 3.05) is 5.73 Å². The van der Waals surface area contributed by atoms with E-state index in [0.717, 1.165) is 0 Å². The molecule has 0 amide bonds. The topological polar surface area (TPSA) is 106 Å². The molecule has 0 saturated carbocycles. The molecule has 1 heterocycles. The highest BCUT2D eigenvalue weighted by molar-refractivity contribution is 6.31. The third-order valence-electron chi connectivity index (χ3n) is 1.63. The Morgan fingerprint density at radius 2 is 2.07 bits per heavy atom. The van der Waals surface area contributed by atoms with Gasteiger partial charge in [-0.1, -0.05) is 11.6 Å². The molecule has 7 nitrogen and oxygen atoms in total. The summed E-state index contributed by atoms with van der Waals surface area (Å²) in [6.07, 6.45) is 0. The molecule has 0 saturated heterocycles. The summed E-state index contributed by atoms with van der Waals surface area (Å²) in [4.78, 5) is 0.0199. The smallest absolute Gasteiger partial charge is 0.326 e. The third kappa shape index (κ3) is 1.23. The second-order valence-electron chi connectivity index (χ2n) is 2.58. The van der Waals surface area contributed by atoms with Gasteiger partial charge in [0.15, 0.2) is 0 Å². The summed E-state index contributed by atoms with van der Waals surface area (Å²) in [5.74, 6) is 0. The van der Waals surface area contributed by atoms with Crippen LogP contribution in [-0.2, 0) is 0 Å². The number of nitrogens with two attached hydrogens (primary N) is 1. The number of aromatic nitrogens is 4. The van der Waals surface area contributed by atoms with Crippen molar-refractivity contribution in [2.24, 2.45) is 0 Å². The molecule has 1 aromatic heterocycles. The summed E-state index contributed by atoms with van der Waals surface area (Å²) >= 11 is 5.67. The minimum absolute atomic E-state index is 0.0292. The molecule has 0 aliphatic carbocycles. The number of nitrogen functional groups attached to an aromatic ring is 1. The van der Waals surface area contributed by atoms with E-state index >= 15 is 0 Å². The zero-order valence-corrected chi connectivity index (χ0v) is 7.47. The molecule has 14 heavy (non-hydrogen) atoms. The van der Waals surface area contributed by atoms with Crippen molar-refractivity contribution < 1.29 is 9.80 Å². The van der Waals surface area contributed by atoms with Crippen LogP contribution in [-0.4, -0.2) is 10.3 Å². The quantitative estimate of drug-likeness (QED) is 0.348. The van der Waals surface area contributed by atoms with Gasteiger partial charge >= 0.3 is 10.7 Å². The number of nitrogens with zero attached hydrogens (tertiary/aromatic N) is 4. The van der Waals surface area contributed by atoms with Gasteiger partial charge in [0.1, 0.15) is 10.6 Å². The lowest BCUT2D eigenvalue weighted by Gasteiger charge is -1.98. The molecule has 0 spiro atoms. The predicted octanol–water partition coefficient (Wildman–Crippen LogP) is -0.868. The Balaban J connectivity index is 2.94. The lowest BCUT2D eigenvalue weighted by molar-refractivity contribution is -0.863. The zero-order chi connectivity index (χ0) is 10.3. The number of fused-ring (bicyclic) bond motifs is 1. The van der Waals surface area contributed by atoms with Crippen LogP contribution in [0.5, 0.6) is 0 Å². The second-order valence-corrected chi connectivity index (χ2v) is 3.01. The monoisotopic (exact) mass is 213 g/mol. The largest absolute Gasteiger partial charge is 0.590 e. The van der Waals surface area contributed by atoms with Crippen molar-refractivity contribution in [3.63, 3.8) is 0 Å². The van der Waals surface area contributed by atoms with Gasteiger partial charge in [-0.15, -0.1) is 0 Å². The molecular formula is C6H4ClN5O2. The number of anilines is 1. The fraction of sp³-hybridized carbons (Fsp3) is 0. The number of halogens is 1. The highest BCUT2D eigenvalue weighted by Crippen LogP contribution is 2.20. The van der Waals surface area contributed by atoms with Crippen LogP contribution in [0.15, 0.2) is 12.1 Å². The average molecular weight is 214 g/mol. The van der Waals surface area contributed by atoms with E-state index in [-0.39, 0.29) is 26.5 Å². The number of hydrogen-bond donors (Lipinski definition) is 1. The van der Waals surface area contributed by atoms with E-state index in [2.05, 4.69) is 10.3 Å². The minimum Gasteiger partial charge on any atom is -0.590 e. The van der Waals surface area contributed by atoms with Crippen LogP contribution < -0.4 is 15.5 Å². The summed E-state index contributed by atoms with van der Waals surface area (Å²) in [6, 6.07) is 2.74. The van der Waals surface area contributed by atoms with Crippen molar-refractivity contribution in [1.29, 1.82) is 0 Å². The van der Waals surface area contributed by atoms with Gasteiger partial charge in [-0.05, 0) is 12.1 Å². The molecule has 0 fully saturated rings. The van der Waals surface area contributed by atoms with Crippen LogP contribution in [0.3, 0.4) is 0 Å². The first-order valence-corrected chi connectivity index (χ1v) is 3.92. The molecule has 0 atom stereocenters. The summed E-state index contributed by atoms with van der Waals surface area (Å²) < 4.78 is 0. The second kappa shape index (κ2) is 2.81. The molecule has 2 aromatic rings. The van der Waals surface area contributed by atoms with Gasteiger partial charge in [-0.2, -0.15) is 0 Å². The highest BCUT2D eigenvalue weighted by Gasteiger charge is 2.17. The van der Waals surface area contributed by atoms with Gasteiger partial charge in [0.25, 0.3) is 0 Å². The number of rotatable bonds is 0. The Bertz CT molecular complexity index is 474. The van der Waals surface area contributed by atoms with Gasteiger partial charge in [0.2, 0.25) is 5.52 Å². The molecule has 8 heteroatoms. The van der Waals surface area contributed by atoms with E-state index in [1.807, 2.05) is 0 Å². The summed E-state index contributed by atoms with van der Waals surface area (Å²) in [5.41, 5.74) is 5.77. The average Bonchev–Trinajstić information content (AvgIpc) is 1.99. The molecule has 0 bridgehead atoms. The van der Waals surface area contributed by atoms with Gasteiger partial charge < -0.3 is 16.1 Å². The van der Waals surface area contributed by atoms with Crippen molar-refractivity contribution in [1.82, 2.24) is 10.3 Å². The van der Waals surface area contributed by atoms with E-state index in [1.165, 1.54) is 12.1 Å². The van der Waals surface area contributed by atoms with E-state index in [9.17, 15) is 10.4 Å². The van der Waals surface area contributed by atoms with Crippen LogP contribution in [0.25, 0.3) is 11.0 Å². The Labute approximate surface area is 82.5 Å². The third-order valence-corrected chi connectivity index (χ3v) is 1.84. The maximum absolute atomic E-state index is 11.2. The highest BCUT2D eigenvalue weighted by atomic mass is 35.5. The number of hydrogen-bond acceptors (Lipinski definition) is 5. The maximum Gasteiger partial charge on any atom is 0.326 e. The molecule has 2 N–H and O–H groups in total. The standard InChI is InChI=1S/C6H4ClN5O2/c7-3-1-4(8)6-5(2-3)9-12(14)10-11(6)13/h1-2H,8H2. The predicted molar refractivity (Wildman–Crippen MR) is 46.9 cm³/mol. The van der Waals surface area contributed by atoms with Crippen LogP contribution in [0.1, 0.15) is 0 Å².